The molecule has 0 fully saturated rings. The number of ether oxygens (including phenoxy) is 3. The highest BCUT2D eigenvalue weighted by atomic mass is 16.6. The second-order valence-corrected chi connectivity index (χ2v) is 18.8. The summed E-state index contributed by atoms with van der Waals surface area (Å²) >= 11 is 0. The lowest BCUT2D eigenvalue weighted by molar-refractivity contribution is -0.166. The van der Waals surface area contributed by atoms with E-state index in [0.29, 0.717) is 19.3 Å². The molecule has 6 nitrogen and oxygen atoms in total. The van der Waals surface area contributed by atoms with Crippen molar-refractivity contribution in [1.29, 1.82) is 0 Å². The number of carbonyl (C=O) groups excluding carboxylic acids is 3. The van der Waals surface area contributed by atoms with Crippen molar-refractivity contribution < 1.29 is 28.6 Å². The number of allylic oxidation sites excluding steroid dienone is 18. The number of hydrogen-bond donors (Lipinski definition) is 0. The first-order chi connectivity index (χ1) is 34.5. The van der Waals surface area contributed by atoms with Gasteiger partial charge in [-0.1, -0.05) is 252 Å². The molecule has 0 amide bonds. The minimum atomic E-state index is -0.825. The summed E-state index contributed by atoms with van der Waals surface area (Å²) in [5.74, 6) is -1.04. The van der Waals surface area contributed by atoms with E-state index in [2.05, 4.69) is 124 Å². The maximum Gasteiger partial charge on any atom is 0.306 e. The van der Waals surface area contributed by atoms with Crippen LogP contribution >= 0.6 is 0 Å². The molecule has 398 valence electrons. The summed E-state index contributed by atoms with van der Waals surface area (Å²) in [6.07, 6.45) is 78.1. The molecule has 0 aromatic carbocycles. The van der Waals surface area contributed by atoms with Gasteiger partial charge in [-0.05, 0) is 96.3 Å². The van der Waals surface area contributed by atoms with Gasteiger partial charge in [0.25, 0.3) is 0 Å². The summed E-state index contributed by atoms with van der Waals surface area (Å²) in [5.41, 5.74) is 0. The van der Waals surface area contributed by atoms with Crippen LogP contribution in [-0.2, 0) is 28.6 Å². The fraction of sp³-hybridized carbons (Fsp3) is 0.672. The van der Waals surface area contributed by atoms with Crippen molar-refractivity contribution in [3.63, 3.8) is 0 Å². The topological polar surface area (TPSA) is 78.9 Å². The predicted octanol–water partition coefficient (Wildman–Crippen LogP) is 19.5. The minimum absolute atomic E-state index is 0.121. The Labute approximate surface area is 431 Å². The lowest BCUT2D eigenvalue weighted by Gasteiger charge is -2.18. The van der Waals surface area contributed by atoms with Crippen molar-refractivity contribution in [3.05, 3.63) is 109 Å². The molecule has 0 N–H and O–H groups in total. The van der Waals surface area contributed by atoms with E-state index in [-0.39, 0.29) is 37.5 Å². The molecule has 0 radical (unpaired) electrons. The third-order valence-corrected chi connectivity index (χ3v) is 12.0. The molecule has 0 aliphatic heterocycles. The molecule has 6 heteroatoms. The van der Waals surface area contributed by atoms with E-state index in [0.717, 1.165) is 89.9 Å². The Morgan fingerprint density at radius 3 is 0.986 bits per heavy atom. The molecule has 70 heavy (non-hydrogen) atoms. The van der Waals surface area contributed by atoms with Crippen LogP contribution in [0.3, 0.4) is 0 Å². The quantitative estimate of drug-likeness (QED) is 0.0262. The number of carbonyl (C=O) groups is 3. The van der Waals surface area contributed by atoms with E-state index in [4.69, 9.17) is 14.2 Å². The van der Waals surface area contributed by atoms with Gasteiger partial charge < -0.3 is 14.2 Å². The van der Waals surface area contributed by atoms with Crippen molar-refractivity contribution in [2.45, 2.75) is 264 Å². The number of hydrogen-bond acceptors (Lipinski definition) is 6. The Kier molecular flexibility index (Phi) is 54.4. The standard InChI is InChI=1S/C64H106O6/c1-4-7-10-13-16-19-22-25-28-30-32-34-36-39-42-45-48-51-54-57-63(66)69-60-61(59-68-62(65)56-53-50-47-44-41-38-35-27-24-21-18-15-12-9-6-3)70-64(67)58-55-52-49-46-43-40-37-33-31-29-26-23-20-17-14-11-8-5-2/h7,10,16,18-19,21,25,27-28,32,34-35,39,41-42,44,48,51,61H,4-6,8-9,11-15,17,20,22-24,26,29-31,33,36-38,40,43,45-47,49-50,52-60H2,1-3H3/b10-7-,19-16-,21-18-,28-25-,34-32-,35-27-,42-39-,44-41-,51-48-/t61-/m1/s1. The molecular formula is C64H106O6. The van der Waals surface area contributed by atoms with Gasteiger partial charge in [-0.15, -0.1) is 0 Å². The first-order valence-corrected chi connectivity index (χ1v) is 28.9. The van der Waals surface area contributed by atoms with Crippen LogP contribution in [0.4, 0.5) is 0 Å². The Morgan fingerprint density at radius 1 is 0.300 bits per heavy atom. The average molecular weight is 972 g/mol. The summed E-state index contributed by atoms with van der Waals surface area (Å²) in [6.45, 7) is 6.41. The lowest BCUT2D eigenvalue weighted by Crippen LogP contribution is -2.30. The molecule has 0 aromatic heterocycles. The molecule has 0 spiro atoms. The zero-order chi connectivity index (χ0) is 50.7. The molecule has 0 aromatic rings. The molecule has 0 aliphatic rings. The maximum atomic E-state index is 12.9. The monoisotopic (exact) mass is 971 g/mol. The van der Waals surface area contributed by atoms with Gasteiger partial charge in [0, 0.05) is 19.3 Å². The van der Waals surface area contributed by atoms with Crippen LogP contribution in [0, 0.1) is 0 Å². The van der Waals surface area contributed by atoms with E-state index in [9.17, 15) is 14.4 Å². The minimum Gasteiger partial charge on any atom is -0.462 e. The third kappa shape index (κ3) is 55.0. The van der Waals surface area contributed by atoms with Crippen LogP contribution in [0.2, 0.25) is 0 Å². The Hall–Kier alpha value is -3.93. The maximum absolute atomic E-state index is 12.9. The second-order valence-electron chi connectivity index (χ2n) is 18.8. The molecule has 0 saturated carbocycles. The van der Waals surface area contributed by atoms with Gasteiger partial charge in [-0.25, -0.2) is 0 Å². The number of rotatable bonds is 51. The molecule has 0 aliphatic carbocycles. The number of esters is 3. The number of unbranched alkanes of at least 4 members (excludes halogenated alkanes) is 22. The Morgan fingerprint density at radius 2 is 0.586 bits per heavy atom. The van der Waals surface area contributed by atoms with Gasteiger partial charge in [0.15, 0.2) is 6.10 Å². The normalized spacial score (nSPS) is 12.9. The molecule has 0 rings (SSSR count). The molecule has 0 unspecified atom stereocenters. The van der Waals surface area contributed by atoms with Gasteiger partial charge in [-0.2, -0.15) is 0 Å². The van der Waals surface area contributed by atoms with E-state index in [1.807, 2.05) is 6.08 Å². The average Bonchev–Trinajstić information content (AvgIpc) is 3.36. The van der Waals surface area contributed by atoms with Crippen molar-refractivity contribution >= 4 is 17.9 Å². The first-order valence-electron chi connectivity index (χ1n) is 28.9. The highest BCUT2D eigenvalue weighted by molar-refractivity contribution is 5.71. The molecule has 1 atom stereocenters. The van der Waals surface area contributed by atoms with Gasteiger partial charge >= 0.3 is 17.9 Å². The third-order valence-electron chi connectivity index (χ3n) is 12.0. The molecule has 0 heterocycles. The largest absolute Gasteiger partial charge is 0.462 e. The SMILES string of the molecule is CC/C=C\C/C=C\C/C=C\C/C=C\C/C=C\C/C=C\CCC(=O)OC[C@@H](COC(=O)CCCC/C=C\C/C=C\C/C=C\CCCCC)OC(=O)CCCCCCCCCCCCCCCCCCCC. The van der Waals surface area contributed by atoms with Crippen LogP contribution in [0.15, 0.2) is 109 Å². The lowest BCUT2D eigenvalue weighted by atomic mass is 10.0. The summed E-state index contributed by atoms with van der Waals surface area (Å²) in [4.78, 5) is 38.1. The van der Waals surface area contributed by atoms with Crippen LogP contribution < -0.4 is 0 Å². The summed E-state index contributed by atoms with van der Waals surface area (Å²) in [7, 11) is 0. The van der Waals surface area contributed by atoms with E-state index in [1.54, 1.807) is 0 Å². The molecule has 0 bridgehead atoms. The van der Waals surface area contributed by atoms with E-state index in [1.165, 1.54) is 122 Å². The van der Waals surface area contributed by atoms with Crippen molar-refractivity contribution in [2.24, 2.45) is 0 Å². The molecular weight excluding hydrogens is 865 g/mol. The second kappa shape index (κ2) is 57.6. The van der Waals surface area contributed by atoms with Crippen LogP contribution in [-0.4, -0.2) is 37.2 Å². The Balaban J connectivity index is 4.54. The van der Waals surface area contributed by atoms with E-state index >= 15 is 0 Å². The van der Waals surface area contributed by atoms with Crippen LogP contribution in [0.5, 0.6) is 0 Å². The first kappa shape index (κ1) is 66.1. The Bertz CT molecular complexity index is 1440. The zero-order valence-electron chi connectivity index (χ0n) is 45.5. The summed E-state index contributed by atoms with van der Waals surface area (Å²) < 4.78 is 16.8. The summed E-state index contributed by atoms with van der Waals surface area (Å²) in [6, 6.07) is 0. The van der Waals surface area contributed by atoms with Gasteiger partial charge in [0.1, 0.15) is 13.2 Å². The summed E-state index contributed by atoms with van der Waals surface area (Å²) in [5, 5.41) is 0. The van der Waals surface area contributed by atoms with Crippen molar-refractivity contribution in [3.8, 4) is 0 Å². The predicted molar refractivity (Wildman–Crippen MR) is 302 cm³/mol. The highest BCUT2D eigenvalue weighted by Crippen LogP contribution is 2.15. The van der Waals surface area contributed by atoms with Crippen LogP contribution in [0.1, 0.15) is 258 Å². The van der Waals surface area contributed by atoms with Gasteiger partial charge in [0.05, 0.1) is 0 Å². The fourth-order valence-corrected chi connectivity index (χ4v) is 7.71. The van der Waals surface area contributed by atoms with E-state index < -0.39 is 6.10 Å². The zero-order valence-corrected chi connectivity index (χ0v) is 45.5. The van der Waals surface area contributed by atoms with Crippen molar-refractivity contribution in [1.82, 2.24) is 0 Å². The van der Waals surface area contributed by atoms with Gasteiger partial charge in [0.2, 0.25) is 0 Å². The molecule has 0 saturated heterocycles. The highest BCUT2D eigenvalue weighted by Gasteiger charge is 2.19. The van der Waals surface area contributed by atoms with Gasteiger partial charge in [-0.3, -0.25) is 14.4 Å². The van der Waals surface area contributed by atoms with Crippen LogP contribution in [0.25, 0.3) is 0 Å². The fourth-order valence-electron chi connectivity index (χ4n) is 7.71. The van der Waals surface area contributed by atoms with Crippen molar-refractivity contribution in [2.75, 3.05) is 13.2 Å². The smallest absolute Gasteiger partial charge is 0.306 e.